The van der Waals surface area contributed by atoms with Crippen LogP contribution in [-0.2, 0) is 13.6 Å². The number of benzene rings is 1. The molecule has 0 aliphatic rings. The van der Waals surface area contributed by atoms with Crippen LogP contribution < -0.4 is 5.32 Å². The Morgan fingerprint density at radius 3 is 2.96 bits per heavy atom. The van der Waals surface area contributed by atoms with E-state index in [0.717, 1.165) is 26.6 Å². The van der Waals surface area contributed by atoms with E-state index in [-0.39, 0.29) is 5.91 Å². The number of hydrogen-bond donors (Lipinski definition) is 1. The minimum atomic E-state index is -0.173. The Labute approximate surface area is 158 Å². The van der Waals surface area contributed by atoms with Crippen LogP contribution in [0.2, 0.25) is 0 Å². The first-order valence-electron chi connectivity index (χ1n) is 8.01. The number of aryl methyl sites for hydroxylation is 1. The number of nitrogens with one attached hydrogen (secondary N) is 1. The molecule has 0 atom stereocenters. The first kappa shape index (κ1) is 16.5. The third kappa shape index (κ3) is 3.13. The van der Waals surface area contributed by atoms with Crippen molar-refractivity contribution in [2.24, 2.45) is 7.05 Å². The molecule has 0 aliphatic carbocycles. The van der Waals surface area contributed by atoms with Crippen molar-refractivity contribution in [1.82, 2.24) is 20.1 Å². The zero-order chi connectivity index (χ0) is 18.1. The van der Waals surface area contributed by atoms with Crippen LogP contribution in [0.25, 0.3) is 22.4 Å². The van der Waals surface area contributed by atoms with Gasteiger partial charge in [0.15, 0.2) is 5.76 Å². The van der Waals surface area contributed by atoms with Crippen molar-refractivity contribution in [3.8, 4) is 11.5 Å². The van der Waals surface area contributed by atoms with Gasteiger partial charge in [0.05, 0.1) is 11.8 Å². The number of halogens is 1. The Kier molecular flexibility index (Phi) is 4.30. The largest absolute Gasteiger partial charge is 0.463 e. The fourth-order valence-electron chi connectivity index (χ4n) is 2.85. The first-order valence-corrected chi connectivity index (χ1v) is 8.80. The summed E-state index contributed by atoms with van der Waals surface area (Å²) in [6, 6.07) is 13.1. The molecule has 0 fully saturated rings. The molecule has 0 spiro atoms. The van der Waals surface area contributed by atoms with Crippen LogP contribution >= 0.6 is 15.9 Å². The van der Waals surface area contributed by atoms with Crippen LogP contribution in [0.5, 0.6) is 0 Å². The second-order valence-electron chi connectivity index (χ2n) is 5.84. The number of aromatic nitrogens is 3. The molecular weight excluding hydrogens is 396 g/mol. The van der Waals surface area contributed by atoms with Gasteiger partial charge in [-0.2, -0.15) is 5.10 Å². The Morgan fingerprint density at radius 1 is 1.27 bits per heavy atom. The lowest BCUT2D eigenvalue weighted by molar-refractivity contribution is 0.0943. The maximum atomic E-state index is 12.7. The maximum absolute atomic E-state index is 12.7. The van der Waals surface area contributed by atoms with Crippen LogP contribution in [0, 0.1) is 0 Å². The lowest BCUT2D eigenvalue weighted by Crippen LogP contribution is -2.25. The Hall–Kier alpha value is -2.93. The molecule has 0 saturated carbocycles. The van der Waals surface area contributed by atoms with Crippen LogP contribution in [0.3, 0.4) is 0 Å². The normalized spacial score (nSPS) is 11.0. The van der Waals surface area contributed by atoms with Gasteiger partial charge in [0, 0.05) is 29.6 Å². The average Bonchev–Trinajstić information content (AvgIpc) is 3.27. The molecule has 7 heteroatoms. The summed E-state index contributed by atoms with van der Waals surface area (Å²) in [6.07, 6.45) is 3.31. The Balaban J connectivity index is 1.55. The van der Waals surface area contributed by atoms with Crippen molar-refractivity contribution >= 4 is 32.7 Å². The van der Waals surface area contributed by atoms with E-state index in [2.05, 4.69) is 31.3 Å². The van der Waals surface area contributed by atoms with Gasteiger partial charge < -0.3 is 9.73 Å². The zero-order valence-electron chi connectivity index (χ0n) is 13.9. The number of hydrogen-bond acceptors (Lipinski definition) is 4. The maximum Gasteiger partial charge on any atom is 0.270 e. The molecule has 130 valence electrons. The average molecular weight is 411 g/mol. The molecule has 0 aliphatic heterocycles. The Morgan fingerprint density at radius 2 is 2.15 bits per heavy atom. The number of amides is 1. The highest BCUT2D eigenvalue weighted by atomic mass is 79.9. The molecule has 0 saturated heterocycles. The minimum Gasteiger partial charge on any atom is -0.463 e. The number of pyridine rings is 1. The van der Waals surface area contributed by atoms with Gasteiger partial charge in [-0.25, -0.2) is 0 Å². The minimum absolute atomic E-state index is 0.173. The summed E-state index contributed by atoms with van der Waals surface area (Å²) in [5.41, 5.74) is 2.98. The molecular formula is C19H15BrN4O2. The summed E-state index contributed by atoms with van der Waals surface area (Å²) in [6.45, 7) is 0.387. The summed E-state index contributed by atoms with van der Waals surface area (Å²) in [5.74, 6) is 0.523. The third-order valence-electron chi connectivity index (χ3n) is 4.06. The van der Waals surface area contributed by atoms with Crippen molar-refractivity contribution in [3.63, 3.8) is 0 Å². The molecule has 3 heterocycles. The highest BCUT2D eigenvalue weighted by Crippen LogP contribution is 2.22. The van der Waals surface area contributed by atoms with Gasteiger partial charge in [-0.3, -0.25) is 14.5 Å². The summed E-state index contributed by atoms with van der Waals surface area (Å²) in [4.78, 5) is 17.0. The second-order valence-corrected chi connectivity index (χ2v) is 6.76. The lowest BCUT2D eigenvalue weighted by Gasteiger charge is -2.07. The van der Waals surface area contributed by atoms with Crippen molar-refractivity contribution in [1.29, 1.82) is 0 Å². The molecule has 0 bridgehead atoms. The van der Waals surface area contributed by atoms with Gasteiger partial charge in [0.1, 0.15) is 11.4 Å². The second kappa shape index (κ2) is 6.76. The molecule has 3 aromatic heterocycles. The number of carbonyl (C=O) groups excluding carboxylic acids is 1. The van der Waals surface area contributed by atoms with Gasteiger partial charge in [0.2, 0.25) is 0 Å². The van der Waals surface area contributed by atoms with Gasteiger partial charge >= 0.3 is 0 Å². The van der Waals surface area contributed by atoms with Crippen molar-refractivity contribution in [2.75, 3.05) is 0 Å². The van der Waals surface area contributed by atoms with E-state index >= 15 is 0 Å². The van der Waals surface area contributed by atoms with Gasteiger partial charge in [-0.05, 0) is 48.0 Å². The highest BCUT2D eigenvalue weighted by Gasteiger charge is 2.16. The molecule has 0 radical (unpaired) electrons. The topological polar surface area (TPSA) is 73.0 Å². The monoisotopic (exact) mass is 410 g/mol. The van der Waals surface area contributed by atoms with E-state index in [1.54, 1.807) is 24.2 Å². The summed E-state index contributed by atoms with van der Waals surface area (Å²) in [7, 11) is 1.77. The van der Waals surface area contributed by atoms with Crippen LogP contribution in [0.1, 0.15) is 16.1 Å². The fourth-order valence-corrected chi connectivity index (χ4v) is 3.20. The molecule has 1 amide bonds. The number of furan rings is 1. The van der Waals surface area contributed by atoms with E-state index in [1.807, 2.05) is 42.5 Å². The first-order chi connectivity index (χ1) is 12.6. The third-order valence-corrected chi connectivity index (χ3v) is 4.56. The van der Waals surface area contributed by atoms with Crippen LogP contribution in [0.4, 0.5) is 0 Å². The van der Waals surface area contributed by atoms with Crippen LogP contribution in [0.15, 0.2) is 63.8 Å². The molecule has 26 heavy (non-hydrogen) atoms. The van der Waals surface area contributed by atoms with E-state index in [0.29, 0.717) is 18.0 Å². The smallest absolute Gasteiger partial charge is 0.270 e. The molecule has 4 rings (SSSR count). The van der Waals surface area contributed by atoms with Gasteiger partial charge in [-0.15, -0.1) is 0 Å². The van der Waals surface area contributed by atoms with E-state index in [4.69, 9.17) is 4.42 Å². The zero-order valence-corrected chi connectivity index (χ0v) is 15.5. The quantitative estimate of drug-likeness (QED) is 0.553. The summed E-state index contributed by atoms with van der Waals surface area (Å²) in [5, 5.41) is 8.17. The fraction of sp³-hybridized carbons (Fsp3) is 0.105. The highest BCUT2D eigenvalue weighted by molar-refractivity contribution is 9.10. The molecule has 1 N–H and O–H groups in total. The van der Waals surface area contributed by atoms with E-state index in [9.17, 15) is 4.79 Å². The van der Waals surface area contributed by atoms with Crippen molar-refractivity contribution < 1.29 is 9.21 Å². The lowest BCUT2D eigenvalue weighted by atomic mass is 10.2. The summed E-state index contributed by atoms with van der Waals surface area (Å²) >= 11 is 3.42. The molecule has 1 aromatic carbocycles. The van der Waals surface area contributed by atoms with Crippen molar-refractivity contribution in [3.05, 3.63) is 70.7 Å². The van der Waals surface area contributed by atoms with E-state index < -0.39 is 0 Å². The SMILES string of the molecule is Cn1nc2cc(Br)ccc2c1C(=O)NCc1ccnc(-c2ccco2)c1. The number of rotatable bonds is 4. The molecule has 0 unspecified atom stereocenters. The number of carbonyl (C=O) groups is 1. The standard InChI is InChI=1S/C19H15BrN4O2/c1-24-18(14-5-4-13(20)10-15(14)23-24)19(25)22-11-12-6-7-21-16(9-12)17-3-2-8-26-17/h2-10H,11H2,1H3,(H,22,25). The van der Waals surface area contributed by atoms with E-state index in [1.165, 1.54) is 0 Å². The molecule has 6 nitrogen and oxygen atoms in total. The summed E-state index contributed by atoms with van der Waals surface area (Å²) < 4.78 is 7.90. The number of fused-ring (bicyclic) bond motifs is 1. The predicted octanol–water partition coefficient (Wildman–Crippen LogP) is 3.92. The Bertz CT molecular complexity index is 1090. The van der Waals surface area contributed by atoms with Gasteiger partial charge in [0.25, 0.3) is 5.91 Å². The van der Waals surface area contributed by atoms with Crippen molar-refractivity contribution in [2.45, 2.75) is 6.54 Å². The van der Waals surface area contributed by atoms with Crippen LogP contribution in [-0.4, -0.2) is 20.7 Å². The number of nitrogens with zero attached hydrogens (tertiary/aromatic N) is 3. The predicted molar refractivity (Wildman–Crippen MR) is 102 cm³/mol. The van der Waals surface area contributed by atoms with Gasteiger partial charge in [-0.1, -0.05) is 15.9 Å². The molecule has 4 aromatic rings.